The topological polar surface area (TPSA) is 108 Å². The summed E-state index contributed by atoms with van der Waals surface area (Å²) >= 11 is 1.66. The number of hydrogen-bond donors (Lipinski definition) is 3. The largest absolute Gasteiger partial charge is 0.396 e. The monoisotopic (exact) mass is 450 g/mol. The quantitative estimate of drug-likeness (QED) is 0.412. The molecule has 0 radical (unpaired) electrons. The SMILES string of the molecule is Cn1cc(-c2cc3nc(N4CCC(CO)CC4)nc(Nc4cc(C5CC5)[nH]n4)c3s2)cn1. The van der Waals surface area contributed by atoms with Crippen LogP contribution < -0.4 is 10.2 Å². The smallest absolute Gasteiger partial charge is 0.227 e. The van der Waals surface area contributed by atoms with E-state index in [0.29, 0.717) is 11.8 Å². The maximum atomic E-state index is 9.48. The molecule has 3 N–H and O–H groups in total. The van der Waals surface area contributed by atoms with Crippen molar-refractivity contribution in [2.75, 3.05) is 29.9 Å². The first-order valence-corrected chi connectivity index (χ1v) is 12.0. The van der Waals surface area contributed by atoms with E-state index in [1.165, 1.54) is 18.5 Å². The van der Waals surface area contributed by atoms with Crippen molar-refractivity contribution < 1.29 is 5.11 Å². The average Bonchev–Trinajstić information content (AvgIpc) is 3.19. The molecule has 1 saturated carbocycles. The molecule has 0 aromatic carbocycles. The van der Waals surface area contributed by atoms with E-state index < -0.39 is 0 Å². The number of nitrogens with one attached hydrogen (secondary N) is 2. The average molecular weight is 451 g/mol. The fraction of sp³-hybridized carbons (Fsp3) is 0.455. The highest BCUT2D eigenvalue weighted by atomic mass is 32.1. The number of rotatable bonds is 6. The van der Waals surface area contributed by atoms with Gasteiger partial charge in [-0.3, -0.25) is 9.78 Å². The van der Waals surface area contributed by atoms with Gasteiger partial charge in [0.2, 0.25) is 5.95 Å². The van der Waals surface area contributed by atoms with E-state index in [1.54, 1.807) is 11.3 Å². The van der Waals surface area contributed by atoms with Gasteiger partial charge < -0.3 is 15.3 Å². The van der Waals surface area contributed by atoms with Crippen molar-refractivity contribution >= 4 is 39.1 Å². The zero-order valence-electron chi connectivity index (χ0n) is 18.0. The molecule has 5 heterocycles. The predicted octanol–water partition coefficient (Wildman–Crippen LogP) is 3.64. The summed E-state index contributed by atoms with van der Waals surface area (Å²) in [7, 11) is 1.92. The maximum Gasteiger partial charge on any atom is 0.227 e. The third-order valence-corrected chi connectivity index (χ3v) is 7.55. The molecular weight excluding hydrogens is 424 g/mol. The molecule has 4 aromatic rings. The summed E-state index contributed by atoms with van der Waals surface area (Å²) in [5.41, 5.74) is 3.18. The summed E-state index contributed by atoms with van der Waals surface area (Å²) in [6.07, 6.45) is 8.26. The molecule has 0 spiro atoms. The van der Waals surface area contributed by atoms with Crippen molar-refractivity contribution in [3.63, 3.8) is 0 Å². The number of nitrogens with zero attached hydrogens (tertiary/aromatic N) is 6. The van der Waals surface area contributed by atoms with Gasteiger partial charge in [-0.05, 0) is 37.7 Å². The van der Waals surface area contributed by atoms with Crippen LogP contribution in [0.2, 0.25) is 0 Å². The maximum absolute atomic E-state index is 9.48. The van der Waals surface area contributed by atoms with E-state index in [0.717, 1.165) is 64.2 Å². The van der Waals surface area contributed by atoms with Gasteiger partial charge in [-0.1, -0.05) is 0 Å². The number of anilines is 3. The molecule has 0 amide bonds. The molecule has 0 bridgehead atoms. The zero-order chi connectivity index (χ0) is 21.7. The van der Waals surface area contributed by atoms with Crippen LogP contribution in [0.25, 0.3) is 20.7 Å². The number of H-pyrrole nitrogens is 1. The molecule has 10 heteroatoms. The molecule has 32 heavy (non-hydrogen) atoms. The Labute approximate surface area is 189 Å². The number of aryl methyl sites for hydroxylation is 1. The summed E-state index contributed by atoms with van der Waals surface area (Å²) in [6, 6.07) is 4.21. The Morgan fingerprint density at radius 2 is 2.03 bits per heavy atom. The first kappa shape index (κ1) is 19.7. The Kier molecular flexibility index (Phi) is 4.83. The van der Waals surface area contributed by atoms with Gasteiger partial charge in [0, 0.05) is 61.1 Å². The summed E-state index contributed by atoms with van der Waals surface area (Å²) in [5, 5.41) is 24.9. The van der Waals surface area contributed by atoms with Gasteiger partial charge in [0.1, 0.15) is 0 Å². The third-order valence-electron chi connectivity index (χ3n) is 6.37. The Morgan fingerprint density at radius 3 is 2.75 bits per heavy atom. The van der Waals surface area contributed by atoms with Gasteiger partial charge in [0.05, 0.1) is 16.4 Å². The number of aromatic amines is 1. The van der Waals surface area contributed by atoms with Crippen LogP contribution in [0.5, 0.6) is 0 Å². The van der Waals surface area contributed by atoms with E-state index in [9.17, 15) is 5.11 Å². The first-order valence-electron chi connectivity index (χ1n) is 11.1. The molecule has 1 aliphatic carbocycles. The van der Waals surface area contributed by atoms with Crippen LogP contribution in [0.3, 0.4) is 0 Å². The van der Waals surface area contributed by atoms with E-state index in [1.807, 2.05) is 24.1 Å². The van der Waals surface area contributed by atoms with Crippen molar-refractivity contribution in [3.8, 4) is 10.4 Å². The predicted molar refractivity (Wildman–Crippen MR) is 125 cm³/mol. The molecule has 9 nitrogen and oxygen atoms in total. The Morgan fingerprint density at radius 1 is 1.19 bits per heavy atom. The molecule has 0 atom stereocenters. The molecule has 1 saturated heterocycles. The molecule has 4 aromatic heterocycles. The summed E-state index contributed by atoms with van der Waals surface area (Å²) in [5.74, 6) is 3.28. The summed E-state index contributed by atoms with van der Waals surface area (Å²) < 4.78 is 2.82. The fourth-order valence-electron chi connectivity index (χ4n) is 4.28. The highest BCUT2D eigenvalue weighted by Gasteiger charge is 2.26. The summed E-state index contributed by atoms with van der Waals surface area (Å²) in [4.78, 5) is 13.2. The molecular formula is C22H26N8OS. The number of hydrogen-bond acceptors (Lipinski definition) is 8. The zero-order valence-corrected chi connectivity index (χ0v) is 18.8. The normalized spacial score (nSPS) is 17.4. The van der Waals surface area contributed by atoms with Crippen LogP contribution in [0.4, 0.5) is 17.6 Å². The standard InChI is InChI=1S/C22H26N8OS/c1-29-11-15(10-23-29)18-8-17-20(32-18)21(25-19-9-16(27-28-19)14-2-3-14)26-22(24-17)30-6-4-13(12-31)5-7-30/h8-11,13-14,31H,2-7,12H2,1H3,(H2,24,25,26,27,28). The van der Waals surface area contributed by atoms with Crippen LogP contribution in [-0.4, -0.2) is 54.7 Å². The minimum Gasteiger partial charge on any atom is -0.396 e. The first-order chi connectivity index (χ1) is 15.7. The lowest BCUT2D eigenvalue weighted by atomic mass is 9.98. The molecule has 6 rings (SSSR count). The molecule has 2 fully saturated rings. The number of aliphatic hydroxyl groups is 1. The number of aromatic nitrogens is 6. The number of fused-ring (bicyclic) bond motifs is 1. The van der Waals surface area contributed by atoms with E-state index in [-0.39, 0.29) is 6.61 Å². The fourth-order valence-corrected chi connectivity index (χ4v) is 5.29. The van der Waals surface area contributed by atoms with Crippen molar-refractivity contribution in [1.29, 1.82) is 0 Å². The van der Waals surface area contributed by atoms with Crippen LogP contribution in [0.15, 0.2) is 24.5 Å². The van der Waals surface area contributed by atoms with Gasteiger partial charge in [0.25, 0.3) is 0 Å². The molecule has 166 valence electrons. The van der Waals surface area contributed by atoms with Crippen LogP contribution in [-0.2, 0) is 7.05 Å². The highest BCUT2D eigenvalue weighted by Crippen LogP contribution is 2.41. The van der Waals surface area contributed by atoms with Crippen LogP contribution in [0, 0.1) is 5.92 Å². The van der Waals surface area contributed by atoms with E-state index >= 15 is 0 Å². The second-order valence-corrected chi connectivity index (χ2v) is 9.87. The third kappa shape index (κ3) is 3.73. The Balaban J connectivity index is 1.38. The lowest BCUT2D eigenvalue weighted by Crippen LogP contribution is -2.35. The van der Waals surface area contributed by atoms with Crippen LogP contribution in [0.1, 0.15) is 37.3 Å². The van der Waals surface area contributed by atoms with E-state index in [4.69, 9.17) is 9.97 Å². The van der Waals surface area contributed by atoms with Gasteiger partial charge in [-0.2, -0.15) is 15.2 Å². The Hall–Kier alpha value is -2.98. The Bertz CT molecular complexity index is 1250. The molecule has 0 unspecified atom stereocenters. The van der Waals surface area contributed by atoms with Gasteiger partial charge in [-0.15, -0.1) is 11.3 Å². The summed E-state index contributed by atoms with van der Waals surface area (Å²) in [6.45, 7) is 1.95. The number of thiophene rings is 1. The molecule has 1 aliphatic heterocycles. The van der Waals surface area contributed by atoms with Crippen molar-refractivity contribution in [1.82, 2.24) is 29.9 Å². The highest BCUT2D eigenvalue weighted by molar-refractivity contribution is 7.22. The van der Waals surface area contributed by atoms with Gasteiger partial charge in [0.15, 0.2) is 11.6 Å². The molecule has 2 aliphatic rings. The lowest BCUT2D eigenvalue weighted by Gasteiger charge is -2.31. The van der Waals surface area contributed by atoms with Crippen molar-refractivity contribution in [2.24, 2.45) is 13.0 Å². The van der Waals surface area contributed by atoms with Crippen molar-refractivity contribution in [2.45, 2.75) is 31.6 Å². The number of piperidine rings is 1. The minimum absolute atomic E-state index is 0.252. The lowest BCUT2D eigenvalue weighted by molar-refractivity contribution is 0.202. The second kappa shape index (κ2) is 7.86. The van der Waals surface area contributed by atoms with Crippen LogP contribution >= 0.6 is 11.3 Å². The van der Waals surface area contributed by atoms with Gasteiger partial charge in [-0.25, -0.2) is 4.98 Å². The second-order valence-electron chi connectivity index (χ2n) is 8.82. The minimum atomic E-state index is 0.252. The van der Waals surface area contributed by atoms with Crippen molar-refractivity contribution in [3.05, 3.63) is 30.2 Å². The van der Waals surface area contributed by atoms with E-state index in [2.05, 4.69) is 37.6 Å². The van der Waals surface area contributed by atoms with Gasteiger partial charge >= 0.3 is 0 Å². The number of aliphatic hydroxyl groups excluding tert-OH is 1.